The summed E-state index contributed by atoms with van der Waals surface area (Å²) in [6.07, 6.45) is 10.7. The molecule has 2 fully saturated rings. The minimum absolute atomic E-state index is 0.0522. The van der Waals surface area contributed by atoms with E-state index in [1.54, 1.807) is 45.4 Å². The van der Waals surface area contributed by atoms with Crippen molar-refractivity contribution >= 4 is 154 Å². The molecule has 26 nitrogen and oxygen atoms in total. The van der Waals surface area contributed by atoms with Crippen molar-refractivity contribution < 1.29 is 33.8 Å². The van der Waals surface area contributed by atoms with Gasteiger partial charge in [0.25, 0.3) is 16.9 Å². The minimum Gasteiger partial charge on any atom is -0.490 e. The fourth-order valence-corrected chi connectivity index (χ4v) is 14.5. The number of carbonyl (C=O) groups is 1. The number of pyridine rings is 1. The predicted molar refractivity (Wildman–Crippen MR) is 451 cm³/mol. The van der Waals surface area contributed by atoms with Gasteiger partial charge in [0.1, 0.15) is 23.0 Å². The Hall–Kier alpha value is -11.2. The molecule has 0 bridgehead atoms. The number of morpholine rings is 1. The van der Waals surface area contributed by atoms with Gasteiger partial charge in [0.05, 0.1) is 78.4 Å². The van der Waals surface area contributed by atoms with Crippen molar-refractivity contribution in [3.63, 3.8) is 0 Å². The van der Waals surface area contributed by atoms with Crippen LogP contribution in [0.2, 0.25) is 20.1 Å². The minimum atomic E-state index is -0.514. The number of carbonyl (C=O) groups excluding carboxylic acids is 1. The first-order valence-electron chi connectivity index (χ1n) is 36.6. The van der Waals surface area contributed by atoms with Crippen LogP contribution in [0.4, 0.5) is 91.4 Å². The van der Waals surface area contributed by atoms with E-state index in [-0.39, 0.29) is 62.6 Å². The number of benzene rings is 7. The highest BCUT2D eigenvalue weighted by Crippen LogP contribution is 2.44. The number of ketones is 1. The molecule has 0 unspecified atom stereocenters. The summed E-state index contributed by atoms with van der Waals surface area (Å²) >= 11 is 25.2. The molecular formula is C82H89Cl4N15O11. The first kappa shape index (κ1) is 81.8. The molecule has 1 aliphatic carbocycles. The largest absolute Gasteiger partial charge is 0.490 e. The monoisotopic (exact) mass is 1600 g/mol. The number of hydrogen-bond acceptors (Lipinski definition) is 22. The second-order valence-electron chi connectivity index (χ2n) is 28.0. The number of allylic oxidation sites excluding steroid dienone is 3. The van der Waals surface area contributed by atoms with Crippen LogP contribution in [0.3, 0.4) is 0 Å². The Morgan fingerprint density at radius 1 is 0.598 bits per heavy atom. The number of nitro groups is 3. The molecule has 30 heteroatoms. The summed E-state index contributed by atoms with van der Waals surface area (Å²) < 4.78 is 17.7. The number of rotatable bonds is 19. The van der Waals surface area contributed by atoms with Gasteiger partial charge in [0, 0.05) is 136 Å². The van der Waals surface area contributed by atoms with Gasteiger partial charge < -0.3 is 65.0 Å². The highest BCUT2D eigenvalue weighted by atomic mass is 35.5. The van der Waals surface area contributed by atoms with E-state index in [9.17, 15) is 39.9 Å². The number of nitrogens with one attached hydrogen (secondary N) is 5. The van der Waals surface area contributed by atoms with Crippen LogP contribution >= 0.6 is 46.4 Å². The highest BCUT2D eigenvalue weighted by Gasteiger charge is 2.28. The van der Waals surface area contributed by atoms with Gasteiger partial charge in [0.2, 0.25) is 5.95 Å². The Morgan fingerprint density at radius 2 is 1.14 bits per heavy atom. The van der Waals surface area contributed by atoms with E-state index in [1.807, 2.05) is 69.6 Å². The lowest BCUT2D eigenvalue weighted by atomic mass is 9.88. The molecule has 0 spiro atoms. The lowest BCUT2D eigenvalue weighted by Gasteiger charge is -2.32. The Labute approximate surface area is 669 Å². The molecule has 6 heterocycles. The number of Topliss-reactive ketones (excluding diaryl/α,β-unsaturated/α-hetero) is 1. The zero-order valence-electron chi connectivity index (χ0n) is 63.6. The van der Waals surface area contributed by atoms with Gasteiger partial charge in [-0.1, -0.05) is 91.6 Å². The molecular weight excluding hydrogens is 1510 g/mol. The number of fused-ring (bicyclic) bond motifs is 4. The van der Waals surface area contributed by atoms with Crippen LogP contribution in [0.5, 0.6) is 11.5 Å². The molecule has 9 aromatic rings. The van der Waals surface area contributed by atoms with Gasteiger partial charge in [0.15, 0.2) is 23.1 Å². The Kier molecular flexibility index (Phi) is 26.5. The number of halogens is 4. The molecule has 112 heavy (non-hydrogen) atoms. The maximum absolute atomic E-state index is 12.6. The van der Waals surface area contributed by atoms with Crippen molar-refractivity contribution in [1.29, 1.82) is 0 Å². The van der Waals surface area contributed by atoms with Gasteiger partial charge in [-0.2, -0.15) is 4.98 Å². The molecule has 586 valence electrons. The molecule has 14 rings (SSSR count). The smallest absolute Gasteiger partial charge is 0.312 e. The third-order valence-corrected chi connectivity index (χ3v) is 21.5. The zero-order chi connectivity index (χ0) is 80.4. The van der Waals surface area contributed by atoms with Crippen molar-refractivity contribution in [2.75, 3.05) is 114 Å². The third kappa shape index (κ3) is 19.6. The maximum atomic E-state index is 12.6. The van der Waals surface area contributed by atoms with Crippen molar-refractivity contribution in [3.8, 4) is 11.5 Å². The van der Waals surface area contributed by atoms with E-state index in [0.717, 1.165) is 127 Å². The summed E-state index contributed by atoms with van der Waals surface area (Å²) in [5, 5.41) is 51.8. The van der Waals surface area contributed by atoms with Crippen LogP contribution < -0.4 is 61.2 Å². The maximum Gasteiger partial charge on any atom is 0.312 e. The lowest BCUT2D eigenvalue weighted by molar-refractivity contribution is -0.385. The number of aromatic nitrogens is 3. The van der Waals surface area contributed by atoms with Crippen LogP contribution in [0.15, 0.2) is 163 Å². The normalized spacial score (nSPS) is 15.2. The standard InChI is InChI=1S/C23H26ClN5O4.C23H27ClN4O2.C18H19ClN4O2.C18H17ClN2O3/c1-4-17(30)13-33-20-10-15-9-16(5-6-19(15)28(3)22(20)31)26-21-18(24)11-25-23(27-21)29-7-8-32-14(2)12-29;1-15-8-10-27(11-9-15)22-14-20(19(24)13-23(22)28(29)30)25-18-6-7-21-17(12-18)5-4-16(2)26(21)3;1-11-4-5-12-8-13(6-7-17(12)22(11)3)21-15-10-16(20-2)18(23(24)25)9-14(15)19;1-11-3-4-13-8-14(6-5-12(13)7-11)20-16-10-18(24-2)17(21(22)23)9-15(16)19/h5-6,9-11,14H,4,7-8,12-13H2,1-3H3,(H,25,26,27);6-7,12-15,25H,2,4-5,8-11H2,1,3H3;6-10,20-21H,1,4-5H2,2-3H3;5-6,8-10,20H,1,3-4,7H2,2H3/t14-;;;/m1.../s1. The van der Waals surface area contributed by atoms with E-state index in [0.29, 0.717) is 87.3 Å². The summed E-state index contributed by atoms with van der Waals surface area (Å²) in [7, 11) is 8.75. The number of aryl methyl sites for hydroxylation is 4. The summed E-state index contributed by atoms with van der Waals surface area (Å²) in [6, 6.07) is 34.8. The van der Waals surface area contributed by atoms with Crippen LogP contribution in [0, 0.1) is 36.3 Å². The second kappa shape index (κ2) is 36.3. The van der Waals surface area contributed by atoms with Crippen LogP contribution in [-0.2, 0) is 42.3 Å². The number of methoxy groups -OCH3 is 1. The molecule has 0 saturated carbocycles. The molecule has 0 amide bonds. The van der Waals surface area contributed by atoms with E-state index in [2.05, 4.69) is 113 Å². The number of anilines is 13. The van der Waals surface area contributed by atoms with E-state index in [1.165, 1.54) is 57.7 Å². The number of piperidine rings is 1. The highest BCUT2D eigenvalue weighted by molar-refractivity contribution is 6.35. The summed E-state index contributed by atoms with van der Waals surface area (Å²) in [5.74, 6) is 1.94. The quantitative estimate of drug-likeness (QED) is 0.0285. The summed E-state index contributed by atoms with van der Waals surface area (Å²) in [4.78, 5) is 74.0. The van der Waals surface area contributed by atoms with E-state index >= 15 is 0 Å². The number of ether oxygens (including phenoxy) is 3. The molecule has 5 aliphatic rings. The van der Waals surface area contributed by atoms with Gasteiger partial charge in [-0.15, -0.1) is 0 Å². The summed E-state index contributed by atoms with van der Waals surface area (Å²) in [5.41, 5.74) is 17.5. The average Bonchev–Trinajstić information content (AvgIpc) is 0.810. The van der Waals surface area contributed by atoms with Gasteiger partial charge >= 0.3 is 5.69 Å². The Bertz CT molecular complexity index is 5210. The average molecular weight is 1600 g/mol. The fourth-order valence-electron chi connectivity index (χ4n) is 13.7. The van der Waals surface area contributed by atoms with E-state index < -0.39 is 9.85 Å². The second-order valence-corrected chi connectivity index (χ2v) is 29.7. The van der Waals surface area contributed by atoms with Gasteiger partial charge in [-0.3, -0.25) is 39.9 Å². The first-order chi connectivity index (χ1) is 53.6. The molecule has 0 radical (unpaired) electrons. The zero-order valence-corrected chi connectivity index (χ0v) is 66.6. The van der Waals surface area contributed by atoms with Crippen molar-refractivity contribution in [2.45, 2.75) is 91.1 Å². The molecule has 5 N–H and O–H groups in total. The van der Waals surface area contributed by atoms with Gasteiger partial charge in [-0.05, 0) is 178 Å². The summed E-state index contributed by atoms with van der Waals surface area (Å²) in [6.45, 7) is 21.8. The Morgan fingerprint density at radius 3 is 1.72 bits per heavy atom. The molecule has 1 atom stereocenters. The first-order valence-corrected chi connectivity index (χ1v) is 38.1. The van der Waals surface area contributed by atoms with Crippen LogP contribution in [-0.4, -0.2) is 109 Å². The van der Waals surface area contributed by atoms with Crippen molar-refractivity contribution in [2.24, 2.45) is 13.0 Å². The topological polar surface area (TPSA) is 295 Å². The van der Waals surface area contributed by atoms with Crippen molar-refractivity contribution in [3.05, 3.63) is 241 Å². The van der Waals surface area contributed by atoms with E-state index in [4.69, 9.17) is 60.6 Å². The number of hydrogen-bond donors (Lipinski definition) is 5. The SMILES string of the molecule is C=C1CCc2cc(Nc3cc(N4CCC(C)CC4)c([N+](=O)[O-])cc3Cl)ccc2N1C.C=C1CCc2cc(Nc3cc(NC)c([N+](=O)[O-])cc3Cl)ccc2N1C.C=C1CCc2cc(Nc3cc(OC)c([N+](=O)[O-])cc3Cl)ccc2C1.CCC(=O)COc1cc2cc(Nc3nc(N4CCO[C@H](C)C4)ncc3Cl)ccc2n(C)c1=O. The lowest BCUT2D eigenvalue weighted by Crippen LogP contribution is -2.42. The number of nitro benzene ring substituents is 3. The van der Waals surface area contributed by atoms with Crippen LogP contribution in [0.1, 0.15) is 81.5 Å². The molecule has 2 aromatic heterocycles. The molecule has 7 aromatic carbocycles. The van der Waals surface area contributed by atoms with Crippen molar-refractivity contribution in [1.82, 2.24) is 14.5 Å². The number of nitrogens with zero attached hydrogens (tertiary/aromatic N) is 10. The molecule has 4 aliphatic heterocycles. The van der Waals surface area contributed by atoms with Crippen LogP contribution in [0.25, 0.3) is 10.9 Å². The fraction of sp³-hybridized carbons (Fsp3) is 0.317. The van der Waals surface area contributed by atoms with Gasteiger partial charge in [-0.25, -0.2) is 4.98 Å². The third-order valence-electron chi connectivity index (χ3n) is 20.3. The molecule has 2 saturated heterocycles. The Balaban J connectivity index is 0.000000149. The predicted octanol–water partition coefficient (Wildman–Crippen LogP) is 19.4.